The summed E-state index contributed by atoms with van der Waals surface area (Å²) in [4.78, 5) is 13.5. The minimum Gasteiger partial charge on any atom is -0.440 e. The number of nitrogen functional groups attached to an aromatic ring is 3. The molecule has 54 heavy (non-hydrogen) atoms. The lowest BCUT2D eigenvalue weighted by atomic mass is 10.2. The molecule has 0 spiro atoms. The first-order chi connectivity index (χ1) is 26.1. The molecule has 276 valence electrons. The van der Waals surface area contributed by atoms with Gasteiger partial charge in [0.25, 0.3) is 0 Å². The predicted octanol–water partition coefficient (Wildman–Crippen LogP) is 11.0. The van der Waals surface area contributed by atoms with Crippen molar-refractivity contribution >= 4 is 41.6 Å². The number of hydrogen-bond donors (Lipinski definition) is 3. The molecular formula is C39H39N6O6P3. The summed E-state index contributed by atoms with van der Waals surface area (Å²) in [6.45, 7) is 6.00. The third-order valence-corrected chi connectivity index (χ3v) is 14.6. The van der Waals surface area contributed by atoms with Gasteiger partial charge in [-0.2, -0.15) is 0 Å². The van der Waals surface area contributed by atoms with Crippen molar-refractivity contribution in [3.8, 4) is 34.5 Å². The van der Waals surface area contributed by atoms with Crippen LogP contribution in [0, 0.1) is 20.8 Å². The van der Waals surface area contributed by atoms with E-state index >= 15 is 0 Å². The number of benzene rings is 6. The van der Waals surface area contributed by atoms with E-state index < -0.39 is 24.6 Å². The van der Waals surface area contributed by atoms with E-state index in [9.17, 15) is 0 Å². The molecule has 6 N–H and O–H groups in total. The minimum absolute atomic E-state index is 0.412. The first kappa shape index (κ1) is 36.9. The molecule has 6 aromatic rings. The van der Waals surface area contributed by atoms with Gasteiger partial charge in [0.1, 0.15) is 34.5 Å². The first-order valence-electron chi connectivity index (χ1n) is 16.8. The first-order valence-corrected chi connectivity index (χ1v) is 20.7. The molecule has 6 aromatic carbocycles. The van der Waals surface area contributed by atoms with Gasteiger partial charge in [0, 0.05) is 26.3 Å². The van der Waals surface area contributed by atoms with Crippen molar-refractivity contribution in [2.45, 2.75) is 20.8 Å². The molecule has 0 aliphatic carbocycles. The minimum atomic E-state index is -3.86. The second-order valence-corrected chi connectivity index (χ2v) is 17.8. The van der Waals surface area contributed by atoms with Gasteiger partial charge in [-0.15, -0.1) is 4.52 Å². The van der Waals surface area contributed by atoms with Gasteiger partial charge >= 0.3 is 24.6 Å². The Labute approximate surface area is 317 Å². The van der Waals surface area contributed by atoms with E-state index in [4.69, 9.17) is 49.5 Å². The van der Waals surface area contributed by atoms with Crippen LogP contribution in [0.4, 0.5) is 17.1 Å². The Balaban J connectivity index is 1.48. The van der Waals surface area contributed by atoms with Crippen LogP contribution < -0.4 is 45.0 Å². The van der Waals surface area contributed by atoms with Crippen LogP contribution in [0.3, 0.4) is 0 Å². The van der Waals surface area contributed by atoms with Crippen molar-refractivity contribution in [2.24, 2.45) is 4.52 Å². The monoisotopic (exact) mass is 780 g/mol. The zero-order valence-electron chi connectivity index (χ0n) is 29.7. The van der Waals surface area contributed by atoms with Crippen LogP contribution in [0.5, 0.6) is 34.5 Å². The summed E-state index contributed by atoms with van der Waals surface area (Å²) in [7, 11) is -8.27. The van der Waals surface area contributed by atoms with Gasteiger partial charge in [0.05, 0.1) is 0 Å². The average Bonchev–Trinajstić information content (AvgIpc) is 3.16. The fourth-order valence-corrected chi connectivity index (χ4v) is 12.3. The SMILES string of the molecule is Cc1ccc(OP2N=P(Oc3ccc(C)cc3)(Oc3ccc(C)cc3)N(Oc3ccc(N)cc3)P(Oc3ccc(N)cc3)N2Oc2ccc(N)cc2)cc1. The topological polar surface area (TPSA) is 152 Å². The molecule has 0 fully saturated rings. The third kappa shape index (κ3) is 9.00. The molecule has 0 radical (unpaired) electrons. The van der Waals surface area contributed by atoms with Gasteiger partial charge in [-0.1, -0.05) is 53.1 Å². The molecule has 1 aliphatic heterocycles. The van der Waals surface area contributed by atoms with E-state index in [1.165, 1.54) is 4.60 Å². The zero-order valence-corrected chi connectivity index (χ0v) is 32.4. The van der Waals surface area contributed by atoms with E-state index in [0.717, 1.165) is 16.7 Å². The lowest BCUT2D eigenvalue weighted by molar-refractivity contribution is 0.0546. The molecule has 0 saturated heterocycles. The molecular weight excluding hydrogens is 741 g/mol. The summed E-state index contributed by atoms with van der Waals surface area (Å²) in [6, 6.07) is 43.8. The van der Waals surface area contributed by atoms with Gasteiger partial charge < -0.3 is 45.0 Å². The van der Waals surface area contributed by atoms with Crippen LogP contribution in [0.1, 0.15) is 16.7 Å². The lowest BCUT2D eigenvalue weighted by Crippen LogP contribution is -2.37. The molecule has 2 atom stereocenters. The Morgan fingerprint density at radius 1 is 0.444 bits per heavy atom. The highest BCUT2D eigenvalue weighted by Gasteiger charge is 2.58. The number of anilines is 3. The quantitative estimate of drug-likeness (QED) is 0.0803. The van der Waals surface area contributed by atoms with Gasteiger partial charge in [0.15, 0.2) is 0 Å². The normalized spacial score (nSPS) is 16.8. The fourth-order valence-electron chi connectivity index (χ4n) is 4.83. The summed E-state index contributed by atoms with van der Waals surface area (Å²) < 4.78 is 36.0. The van der Waals surface area contributed by atoms with Crippen LogP contribution in [0.15, 0.2) is 150 Å². The number of nitrogens with two attached hydrogens (primary N) is 3. The van der Waals surface area contributed by atoms with E-state index in [1.807, 2.05) is 93.6 Å². The Bertz CT molecular complexity index is 2160. The maximum Gasteiger partial charge on any atom is 0.447 e. The number of nitrogens with zero attached hydrogens (tertiary/aromatic N) is 3. The standard InChI is InChI=1S/C39H39N6O6P3/c1-28-4-16-36(17-5-28)48-52-43-54(50-38-18-6-29(2)7-19-38,51-39-20-8-30(3)9-21-39)45(47-35-24-12-32(41)13-25-35)53(49-37-26-14-33(42)15-27-37)44(52)46-34-22-10-31(40)11-23-34/h4-27H,40-42H2,1-3H3. The molecule has 1 heterocycles. The highest BCUT2D eigenvalue weighted by Crippen LogP contribution is 2.77. The molecule has 15 heteroatoms. The average molecular weight is 781 g/mol. The number of aryl methyl sites for hydroxylation is 3. The lowest BCUT2D eigenvalue weighted by Gasteiger charge is -2.43. The zero-order chi connectivity index (χ0) is 37.7. The Hall–Kier alpha value is -5.47. The van der Waals surface area contributed by atoms with Crippen LogP contribution in [0.25, 0.3) is 0 Å². The van der Waals surface area contributed by atoms with Crippen LogP contribution in [0.2, 0.25) is 0 Å². The largest absolute Gasteiger partial charge is 0.447 e. The van der Waals surface area contributed by atoms with Crippen LogP contribution in [-0.2, 0) is 0 Å². The molecule has 0 saturated carbocycles. The summed E-state index contributed by atoms with van der Waals surface area (Å²) in [5.74, 6) is 2.83. The van der Waals surface area contributed by atoms with E-state index in [-0.39, 0.29) is 0 Å². The van der Waals surface area contributed by atoms with Gasteiger partial charge in [-0.05, 0) is 130 Å². The van der Waals surface area contributed by atoms with E-state index in [2.05, 4.69) is 0 Å². The molecule has 7 rings (SSSR count). The van der Waals surface area contributed by atoms with Gasteiger partial charge in [-0.3, -0.25) is 0 Å². The van der Waals surface area contributed by atoms with E-state index in [0.29, 0.717) is 51.6 Å². The highest BCUT2D eigenvalue weighted by molar-refractivity contribution is 7.78. The predicted molar refractivity (Wildman–Crippen MR) is 217 cm³/mol. The highest BCUT2D eigenvalue weighted by atomic mass is 31.3. The fraction of sp³-hybridized carbons (Fsp3) is 0.0769. The summed E-state index contributed by atoms with van der Waals surface area (Å²) >= 11 is 0. The van der Waals surface area contributed by atoms with Crippen molar-refractivity contribution in [2.75, 3.05) is 17.2 Å². The van der Waals surface area contributed by atoms with Gasteiger partial charge in [0.2, 0.25) is 0 Å². The smallest absolute Gasteiger partial charge is 0.440 e. The Morgan fingerprint density at radius 2 is 0.796 bits per heavy atom. The molecule has 2 unspecified atom stereocenters. The molecule has 12 nitrogen and oxygen atoms in total. The van der Waals surface area contributed by atoms with Crippen molar-refractivity contribution in [3.63, 3.8) is 0 Å². The molecule has 0 bridgehead atoms. The van der Waals surface area contributed by atoms with E-state index in [1.54, 1.807) is 77.4 Å². The Morgan fingerprint density at radius 3 is 1.24 bits per heavy atom. The third-order valence-electron chi connectivity index (χ3n) is 7.74. The molecule has 1 aliphatic rings. The maximum absolute atomic E-state index is 6.98. The van der Waals surface area contributed by atoms with Crippen molar-refractivity contribution in [1.29, 1.82) is 0 Å². The molecule has 0 amide bonds. The Kier molecular flexibility index (Phi) is 11.1. The summed E-state index contributed by atoms with van der Waals surface area (Å²) in [5, 5.41) is 0. The number of hydrogen-bond acceptors (Lipinski definition) is 12. The number of rotatable bonds is 12. The second-order valence-electron chi connectivity index (χ2n) is 12.3. The molecule has 0 aromatic heterocycles. The van der Waals surface area contributed by atoms with Crippen LogP contribution >= 0.6 is 24.6 Å². The summed E-state index contributed by atoms with van der Waals surface area (Å²) in [5.41, 5.74) is 23.1. The van der Waals surface area contributed by atoms with Crippen molar-refractivity contribution < 1.29 is 27.8 Å². The van der Waals surface area contributed by atoms with Gasteiger partial charge in [-0.25, -0.2) is 0 Å². The van der Waals surface area contributed by atoms with Crippen molar-refractivity contribution in [3.05, 3.63) is 162 Å². The van der Waals surface area contributed by atoms with Crippen LogP contribution in [-0.4, -0.2) is 9.21 Å². The second kappa shape index (κ2) is 16.3. The maximum atomic E-state index is 6.98. The summed E-state index contributed by atoms with van der Waals surface area (Å²) in [6.07, 6.45) is 0. The van der Waals surface area contributed by atoms with Crippen molar-refractivity contribution in [1.82, 2.24) is 9.21 Å².